The Hall–Kier alpha value is -1.64. The lowest BCUT2D eigenvalue weighted by atomic mass is 10.3. The molecule has 0 aliphatic carbocycles. The summed E-state index contributed by atoms with van der Waals surface area (Å²) in [4.78, 5) is 4.03. The van der Waals surface area contributed by atoms with Crippen LogP contribution < -0.4 is 0 Å². The minimum Gasteiger partial charge on any atom is -0.229 e. The van der Waals surface area contributed by atoms with Gasteiger partial charge in [-0.2, -0.15) is 5.26 Å². The number of aromatic nitrogens is 1. The van der Waals surface area contributed by atoms with Crippen LogP contribution in [0.2, 0.25) is 5.15 Å². The first kappa shape index (κ1) is 12.8. The molecular formula is C12H5ClF2N2S. The van der Waals surface area contributed by atoms with Crippen molar-refractivity contribution in [3.8, 4) is 6.07 Å². The van der Waals surface area contributed by atoms with Crippen molar-refractivity contribution in [3.05, 3.63) is 52.7 Å². The molecule has 0 fully saturated rings. The van der Waals surface area contributed by atoms with Crippen LogP contribution in [0.5, 0.6) is 0 Å². The fraction of sp³-hybridized carbons (Fsp3) is 0. The molecule has 1 heterocycles. The van der Waals surface area contributed by atoms with Crippen LogP contribution in [0.15, 0.2) is 40.3 Å². The largest absolute Gasteiger partial charge is 0.229 e. The lowest BCUT2D eigenvalue weighted by molar-refractivity contribution is 0.577. The zero-order valence-corrected chi connectivity index (χ0v) is 10.4. The van der Waals surface area contributed by atoms with E-state index in [-0.39, 0.29) is 10.0 Å². The average Bonchev–Trinajstić information content (AvgIpc) is 2.33. The van der Waals surface area contributed by atoms with Crippen molar-refractivity contribution in [2.75, 3.05) is 0 Å². The zero-order valence-electron chi connectivity index (χ0n) is 8.82. The molecule has 2 nitrogen and oxygen atoms in total. The molecule has 0 bridgehead atoms. The summed E-state index contributed by atoms with van der Waals surface area (Å²) in [6.07, 6.45) is 0. The first-order chi connectivity index (χ1) is 8.58. The van der Waals surface area contributed by atoms with Crippen molar-refractivity contribution >= 4 is 23.4 Å². The number of pyridine rings is 1. The van der Waals surface area contributed by atoms with Crippen LogP contribution >= 0.6 is 23.4 Å². The van der Waals surface area contributed by atoms with E-state index in [1.54, 1.807) is 0 Å². The van der Waals surface area contributed by atoms with E-state index in [1.165, 1.54) is 12.1 Å². The molecule has 2 rings (SSSR count). The fourth-order valence-corrected chi connectivity index (χ4v) is 2.41. The minimum atomic E-state index is -0.554. The van der Waals surface area contributed by atoms with Crippen LogP contribution in [-0.2, 0) is 0 Å². The Morgan fingerprint density at radius 3 is 2.72 bits per heavy atom. The van der Waals surface area contributed by atoms with E-state index >= 15 is 0 Å². The SMILES string of the molecule is N#Cc1cc(Cl)nc(Sc2cc(F)ccc2F)c1. The van der Waals surface area contributed by atoms with E-state index in [4.69, 9.17) is 16.9 Å². The van der Waals surface area contributed by atoms with Gasteiger partial charge >= 0.3 is 0 Å². The summed E-state index contributed by atoms with van der Waals surface area (Å²) in [5.74, 6) is -1.09. The van der Waals surface area contributed by atoms with Crippen LogP contribution in [0, 0.1) is 23.0 Å². The molecule has 0 radical (unpaired) electrons. The van der Waals surface area contributed by atoms with Gasteiger partial charge in [-0.3, -0.25) is 0 Å². The summed E-state index contributed by atoms with van der Waals surface area (Å²) >= 11 is 6.63. The lowest BCUT2D eigenvalue weighted by Crippen LogP contribution is -1.87. The van der Waals surface area contributed by atoms with Gasteiger partial charge in [0.1, 0.15) is 21.8 Å². The van der Waals surface area contributed by atoms with Gasteiger partial charge in [0.25, 0.3) is 0 Å². The highest BCUT2D eigenvalue weighted by molar-refractivity contribution is 7.99. The topological polar surface area (TPSA) is 36.7 Å². The molecule has 18 heavy (non-hydrogen) atoms. The number of nitrogens with zero attached hydrogens (tertiary/aromatic N) is 2. The maximum Gasteiger partial charge on any atom is 0.137 e. The minimum absolute atomic E-state index is 0.0913. The van der Waals surface area contributed by atoms with Gasteiger partial charge in [0, 0.05) is 0 Å². The number of rotatable bonds is 2. The highest BCUT2D eigenvalue weighted by Crippen LogP contribution is 2.30. The monoisotopic (exact) mass is 282 g/mol. The highest BCUT2D eigenvalue weighted by Gasteiger charge is 2.08. The van der Waals surface area contributed by atoms with Crippen LogP contribution in [0.25, 0.3) is 0 Å². The Balaban J connectivity index is 2.37. The van der Waals surface area contributed by atoms with Crippen molar-refractivity contribution in [2.45, 2.75) is 9.92 Å². The maximum absolute atomic E-state index is 13.4. The molecule has 0 N–H and O–H groups in total. The van der Waals surface area contributed by atoms with E-state index in [0.29, 0.717) is 10.6 Å². The molecule has 6 heteroatoms. The second-order valence-corrected chi connectivity index (χ2v) is 4.75. The average molecular weight is 283 g/mol. The quantitative estimate of drug-likeness (QED) is 0.780. The molecule has 0 amide bonds. The number of hydrogen-bond donors (Lipinski definition) is 0. The van der Waals surface area contributed by atoms with Crippen LogP contribution in [0.1, 0.15) is 5.56 Å². The molecule has 1 aromatic carbocycles. The van der Waals surface area contributed by atoms with Crippen molar-refractivity contribution in [3.63, 3.8) is 0 Å². The van der Waals surface area contributed by atoms with Gasteiger partial charge in [-0.1, -0.05) is 23.4 Å². The molecule has 0 saturated heterocycles. The summed E-state index contributed by atoms with van der Waals surface area (Å²) in [5, 5.41) is 9.24. The Labute approximate surface area is 111 Å². The molecule has 0 spiro atoms. The predicted molar refractivity (Wildman–Crippen MR) is 64.4 cm³/mol. The van der Waals surface area contributed by atoms with E-state index < -0.39 is 11.6 Å². The number of nitriles is 1. The summed E-state index contributed by atoms with van der Waals surface area (Å²) in [7, 11) is 0. The molecule has 0 aliphatic heterocycles. The van der Waals surface area contributed by atoms with Gasteiger partial charge in [-0.15, -0.1) is 0 Å². The second kappa shape index (κ2) is 5.34. The smallest absolute Gasteiger partial charge is 0.137 e. The van der Waals surface area contributed by atoms with Gasteiger partial charge in [0.15, 0.2) is 0 Å². The summed E-state index contributed by atoms with van der Waals surface area (Å²) in [6.45, 7) is 0. The third-order valence-electron chi connectivity index (χ3n) is 2.01. The van der Waals surface area contributed by atoms with Crippen molar-refractivity contribution in [1.82, 2.24) is 4.98 Å². The van der Waals surface area contributed by atoms with Gasteiger partial charge in [-0.05, 0) is 30.3 Å². The standard InChI is InChI=1S/C12H5ClF2N2S/c13-11-3-7(6-16)4-12(17-11)18-10-5-8(14)1-2-9(10)15/h1-5H. The van der Waals surface area contributed by atoms with Crippen molar-refractivity contribution < 1.29 is 8.78 Å². The van der Waals surface area contributed by atoms with E-state index in [1.807, 2.05) is 6.07 Å². The van der Waals surface area contributed by atoms with Gasteiger partial charge in [-0.25, -0.2) is 13.8 Å². The Kier molecular flexibility index (Phi) is 3.80. The molecule has 0 atom stereocenters. The van der Waals surface area contributed by atoms with E-state index in [9.17, 15) is 8.78 Å². The fourth-order valence-electron chi connectivity index (χ4n) is 1.26. The van der Waals surface area contributed by atoms with Gasteiger partial charge in [0.05, 0.1) is 16.5 Å². The summed E-state index contributed by atoms with van der Waals surface area (Å²) in [6, 6.07) is 7.90. The molecule has 90 valence electrons. The molecule has 0 saturated carbocycles. The highest BCUT2D eigenvalue weighted by atomic mass is 35.5. The van der Waals surface area contributed by atoms with Gasteiger partial charge in [0.2, 0.25) is 0 Å². The summed E-state index contributed by atoms with van der Waals surface area (Å²) < 4.78 is 26.4. The van der Waals surface area contributed by atoms with E-state index in [2.05, 4.69) is 4.98 Å². The zero-order chi connectivity index (χ0) is 13.1. The Morgan fingerprint density at radius 1 is 1.22 bits per heavy atom. The van der Waals surface area contributed by atoms with Crippen molar-refractivity contribution in [2.24, 2.45) is 0 Å². The van der Waals surface area contributed by atoms with E-state index in [0.717, 1.165) is 30.0 Å². The normalized spacial score (nSPS) is 10.1. The Morgan fingerprint density at radius 2 is 2.00 bits per heavy atom. The van der Waals surface area contributed by atoms with Crippen LogP contribution in [0.4, 0.5) is 8.78 Å². The van der Waals surface area contributed by atoms with Crippen molar-refractivity contribution in [1.29, 1.82) is 5.26 Å². The van der Waals surface area contributed by atoms with Crippen LogP contribution in [-0.4, -0.2) is 4.98 Å². The third kappa shape index (κ3) is 2.97. The number of halogens is 3. The molecule has 0 unspecified atom stereocenters. The molecular weight excluding hydrogens is 278 g/mol. The first-order valence-corrected chi connectivity index (χ1v) is 5.98. The number of hydrogen-bond acceptors (Lipinski definition) is 3. The third-order valence-corrected chi connectivity index (χ3v) is 3.15. The molecule has 0 aliphatic rings. The van der Waals surface area contributed by atoms with Gasteiger partial charge < -0.3 is 0 Å². The molecule has 1 aromatic heterocycles. The maximum atomic E-state index is 13.4. The lowest BCUT2D eigenvalue weighted by Gasteiger charge is -2.03. The Bertz CT molecular complexity index is 640. The second-order valence-electron chi connectivity index (χ2n) is 3.31. The molecule has 2 aromatic rings. The first-order valence-electron chi connectivity index (χ1n) is 4.79. The van der Waals surface area contributed by atoms with Crippen LogP contribution in [0.3, 0.4) is 0 Å². The predicted octanol–water partition coefficient (Wildman–Crippen LogP) is 4.04. The summed E-state index contributed by atoms with van der Waals surface area (Å²) in [5.41, 5.74) is 0.314. The number of benzene rings is 1.